The lowest BCUT2D eigenvalue weighted by molar-refractivity contribution is -0.154. The highest BCUT2D eigenvalue weighted by Crippen LogP contribution is 2.30. The van der Waals surface area contributed by atoms with Crippen LogP contribution < -0.4 is 10.5 Å². The number of hydrogen-bond donors (Lipinski definition) is 1. The summed E-state index contributed by atoms with van der Waals surface area (Å²) in [6.45, 7) is 6.00. The van der Waals surface area contributed by atoms with E-state index >= 15 is 0 Å². The van der Waals surface area contributed by atoms with Gasteiger partial charge in [-0.2, -0.15) is 5.10 Å². The number of hydrogen-bond acceptors (Lipinski definition) is 7. The molecule has 2 aromatic heterocycles. The Hall–Kier alpha value is -2.48. The summed E-state index contributed by atoms with van der Waals surface area (Å²) in [5.41, 5.74) is 8.28. The van der Waals surface area contributed by atoms with Crippen molar-refractivity contribution in [2.45, 2.75) is 65.2 Å². The number of nitrogens with two attached hydrogens (primary N) is 1. The van der Waals surface area contributed by atoms with Crippen LogP contribution in [0, 0.1) is 12.8 Å². The number of rotatable bonds is 6. The van der Waals surface area contributed by atoms with Crippen LogP contribution in [0.4, 0.5) is 0 Å². The predicted molar refractivity (Wildman–Crippen MR) is 104 cm³/mol. The maximum absolute atomic E-state index is 12.2. The molecule has 0 aliphatic heterocycles. The standard InChI is InChI=1S/C20H29N5O3/c1-12(2)27-20(26)14-6-5-7-15(8-14)28-18-11-22-19(24-13(18)3)16-10-23-25(4)17(16)9-21/h10-12,14-15H,5-9,21H2,1-4H3/t14-,15-/m0/s1. The fourth-order valence-electron chi connectivity index (χ4n) is 3.57. The molecule has 0 aromatic carbocycles. The Balaban J connectivity index is 1.70. The fraction of sp³-hybridized carbons (Fsp3) is 0.600. The van der Waals surface area contributed by atoms with Crippen molar-refractivity contribution in [3.05, 3.63) is 23.8 Å². The molecule has 1 saturated carbocycles. The normalized spacial score (nSPS) is 19.6. The Bertz CT molecular complexity index is 833. The van der Waals surface area contributed by atoms with Gasteiger partial charge in [0.05, 0.1) is 47.5 Å². The van der Waals surface area contributed by atoms with Gasteiger partial charge in [-0.3, -0.25) is 9.48 Å². The Morgan fingerprint density at radius 1 is 1.36 bits per heavy atom. The van der Waals surface area contributed by atoms with Crippen LogP contribution in [0.1, 0.15) is 50.9 Å². The first-order valence-electron chi connectivity index (χ1n) is 9.81. The van der Waals surface area contributed by atoms with E-state index in [0.29, 0.717) is 24.5 Å². The van der Waals surface area contributed by atoms with Gasteiger partial charge >= 0.3 is 5.97 Å². The zero-order valence-corrected chi connectivity index (χ0v) is 17.0. The molecule has 1 aliphatic rings. The van der Waals surface area contributed by atoms with Crippen LogP contribution in [0.15, 0.2) is 12.4 Å². The third-order valence-electron chi connectivity index (χ3n) is 5.04. The highest BCUT2D eigenvalue weighted by atomic mass is 16.5. The van der Waals surface area contributed by atoms with Gasteiger partial charge in [0, 0.05) is 13.6 Å². The maximum Gasteiger partial charge on any atom is 0.309 e. The Labute approximate surface area is 165 Å². The fourth-order valence-corrected chi connectivity index (χ4v) is 3.57. The quantitative estimate of drug-likeness (QED) is 0.759. The van der Waals surface area contributed by atoms with E-state index in [4.69, 9.17) is 15.2 Å². The summed E-state index contributed by atoms with van der Waals surface area (Å²) in [4.78, 5) is 21.3. The molecule has 3 rings (SSSR count). The molecular weight excluding hydrogens is 358 g/mol. The Morgan fingerprint density at radius 3 is 2.82 bits per heavy atom. The van der Waals surface area contributed by atoms with Gasteiger partial charge in [-0.1, -0.05) is 0 Å². The van der Waals surface area contributed by atoms with Crippen molar-refractivity contribution < 1.29 is 14.3 Å². The van der Waals surface area contributed by atoms with E-state index < -0.39 is 0 Å². The number of carbonyl (C=O) groups excluding carboxylic acids is 1. The third-order valence-corrected chi connectivity index (χ3v) is 5.04. The average Bonchev–Trinajstić information content (AvgIpc) is 3.03. The molecule has 0 spiro atoms. The molecule has 8 heteroatoms. The second kappa shape index (κ2) is 8.68. The number of carbonyl (C=O) groups is 1. The van der Waals surface area contributed by atoms with Crippen LogP contribution >= 0.6 is 0 Å². The molecule has 2 atom stereocenters. The van der Waals surface area contributed by atoms with Crippen LogP contribution in [0.3, 0.4) is 0 Å². The highest BCUT2D eigenvalue weighted by Gasteiger charge is 2.30. The third kappa shape index (κ3) is 4.49. The molecule has 2 aromatic rings. The van der Waals surface area contributed by atoms with Crippen molar-refractivity contribution in [1.29, 1.82) is 0 Å². The molecular formula is C20H29N5O3. The largest absolute Gasteiger partial charge is 0.487 e. The lowest BCUT2D eigenvalue weighted by Gasteiger charge is -2.29. The van der Waals surface area contributed by atoms with Gasteiger partial charge in [0.1, 0.15) is 0 Å². The number of esters is 1. The first-order valence-corrected chi connectivity index (χ1v) is 9.81. The van der Waals surface area contributed by atoms with E-state index in [1.54, 1.807) is 17.1 Å². The Kier molecular flexibility index (Phi) is 6.28. The van der Waals surface area contributed by atoms with Crippen molar-refractivity contribution in [3.63, 3.8) is 0 Å². The van der Waals surface area contributed by atoms with Crippen molar-refractivity contribution in [2.75, 3.05) is 0 Å². The molecule has 8 nitrogen and oxygen atoms in total. The zero-order valence-electron chi connectivity index (χ0n) is 17.0. The summed E-state index contributed by atoms with van der Waals surface area (Å²) in [5.74, 6) is 0.993. The van der Waals surface area contributed by atoms with Gasteiger partial charge in [0.15, 0.2) is 11.6 Å². The molecule has 0 saturated heterocycles. The van der Waals surface area contributed by atoms with Crippen molar-refractivity contribution in [2.24, 2.45) is 18.7 Å². The number of aryl methyl sites for hydroxylation is 2. The summed E-state index contributed by atoms with van der Waals surface area (Å²) in [6.07, 6.45) is 6.65. The first-order chi connectivity index (χ1) is 13.4. The van der Waals surface area contributed by atoms with E-state index in [2.05, 4.69) is 15.1 Å². The van der Waals surface area contributed by atoms with Crippen molar-refractivity contribution >= 4 is 5.97 Å². The number of nitrogens with zero attached hydrogens (tertiary/aromatic N) is 4. The minimum Gasteiger partial charge on any atom is -0.487 e. The monoisotopic (exact) mass is 387 g/mol. The van der Waals surface area contributed by atoms with Crippen LogP contribution in [0.5, 0.6) is 5.75 Å². The molecule has 0 radical (unpaired) electrons. The number of aromatic nitrogens is 4. The van der Waals surface area contributed by atoms with Crippen LogP contribution in [0.25, 0.3) is 11.4 Å². The molecule has 0 unspecified atom stereocenters. The topological polar surface area (TPSA) is 105 Å². The van der Waals surface area contributed by atoms with Gasteiger partial charge in [0.2, 0.25) is 0 Å². The summed E-state index contributed by atoms with van der Waals surface area (Å²) >= 11 is 0. The SMILES string of the molecule is Cc1nc(-c2cnn(C)c2CN)ncc1O[C@H]1CCC[C@H](C(=O)OC(C)C)C1. The second-order valence-corrected chi connectivity index (χ2v) is 7.56. The van der Waals surface area contributed by atoms with E-state index in [1.807, 2.05) is 27.8 Å². The lowest BCUT2D eigenvalue weighted by Crippen LogP contribution is -2.32. The van der Waals surface area contributed by atoms with Gasteiger partial charge in [-0.15, -0.1) is 0 Å². The minimum atomic E-state index is -0.127. The minimum absolute atomic E-state index is 0.0374. The molecule has 152 valence electrons. The van der Waals surface area contributed by atoms with Crippen LogP contribution in [-0.4, -0.2) is 37.9 Å². The summed E-state index contributed by atoms with van der Waals surface area (Å²) in [7, 11) is 1.85. The van der Waals surface area contributed by atoms with Crippen molar-refractivity contribution in [1.82, 2.24) is 19.7 Å². The first kappa shape index (κ1) is 20.3. The van der Waals surface area contributed by atoms with Gasteiger partial charge < -0.3 is 15.2 Å². The second-order valence-electron chi connectivity index (χ2n) is 7.56. The molecule has 0 bridgehead atoms. The number of ether oxygens (including phenoxy) is 2. The van der Waals surface area contributed by atoms with E-state index in [9.17, 15) is 4.79 Å². The lowest BCUT2D eigenvalue weighted by atomic mass is 9.87. The van der Waals surface area contributed by atoms with Gasteiger partial charge in [0.25, 0.3) is 0 Å². The smallest absolute Gasteiger partial charge is 0.309 e. The average molecular weight is 387 g/mol. The van der Waals surface area contributed by atoms with Gasteiger partial charge in [-0.05, 0) is 46.5 Å². The maximum atomic E-state index is 12.2. The summed E-state index contributed by atoms with van der Waals surface area (Å²) in [6, 6.07) is 0. The van der Waals surface area contributed by atoms with Crippen LogP contribution in [0.2, 0.25) is 0 Å². The van der Waals surface area contributed by atoms with Crippen LogP contribution in [-0.2, 0) is 23.1 Å². The van der Waals surface area contributed by atoms with Crippen molar-refractivity contribution in [3.8, 4) is 17.1 Å². The molecule has 1 fully saturated rings. The zero-order chi connectivity index (χ0) is 20.3. The van der Waals surface area contributed by atoms with E-state index in [1.165, 1.54) is 0 Å². The molecule has 2 N–H and O–H groups in total. The predicted octanol–water partition coefficient (Wildman–Crippen LogP) is 2.53. The van der Waals surface area contributed by atoms with Gasteiger partial charge in [-0.25, -0.2) is 9.97 Å². The highest BCUT2D eigenvalue weighted by molar-refractivity contribution is 5.72. The molecule has 2 heterocycles. The molecule has 1 aliphatic carbocycles. The van der Waals surface area contributed by atoms with E-state index in [-0.39, 0.29) is 24.1 Å². The molecule has 0 amide bonds. The summed E-state index contributed by atoms with van der Waals surface area (Å²) in [5, 5.41) is 4.24. The Morgan fingerprint density at radius 2 is 2.14 bits per heavy atom. The summed E-state index contributed by atoms with van der Waals surface area (Å²) < 4.78 is 13.2. The van der Waals surface area contributed by atoms with E-state index in [0.717, 1.165) is 36.2 Å². The molecule has 28 heavy (non-hydrogen) atoms.